The van der Waals surface area contributed by atoms with Gasteiger partial charge in [-0.3, -0.25) is 4.90 Å². The van der Waals surface area contributed by atoms with Crippen molar-refractivity contribution in [2.24, 2.45) is 0 Å². The van der Waals surface area contributed by atoms with E-state index < -0.39 is 6.17 Å². The number of rotatable bonds is 1. The van der Waals surface area contributed by atoms with Gasteiger partial charge in [-0.25, -0.2) is 4.39 Å². The molecule has 56 valence electrons. The number of alkyl halides is 1. The minimum absolute atomic E-state index is 0.451. The third-order valence-corrected chi connectivity index (χ3v) is 1.81. The molecule has 0 N–H and O–H groups in total. The van der Waals surface area contributed by atoms with Gasteiger partial charge in [-0.2, -0.15) is 5.26 Å². The van der Waals surface area contributed by atoms with Gasteiger partial charge in [0.05, 0.1) is 12.6 Å². The fourth-order valence-corrected chi connectivity index (χ4v) is 1.16. The first-order valence-corrected chi connectivity index (χ1v) is 3.56. The SMILES string of the molecule is N#CCN1CCC(F)CC1. The largest absolute Gasteiger partial charge is 0.290 e. The van der Waals surface area contributed by atoms with Gasteiger partial charge in [0.15, 0.2) is 0 Å². The summed E-state index contributed by atoms with van der Waals surface area (Å²) in [5.41, 5.74) is 0. The van der Waals surface area contributed by atoms with Crippen LogP contribution in [0.2, 0.25) is 0 Å². The van der Waals surface area contributed by atoms with Crippen LogP contribution in [0.3, 0.4) is 0 Å². The topological polar surface area (TPSA) is 27.0 Å². The van der Waals surface area contributed by atoms with Gasteiger partial charge < -0.3 is 0 Å². The van der Waals surface area contributed by atoms with E-state index in [1.807, 2.05) is 4.90 Å². The summed E-state index contributed by atoms with van der Waals surface area (Å²) in [7, 11) is 0. The van der Waals surface area contributed by atoms with Crippen LogP contribution in [0, 0.1) is 11.3 Å². The molecule has 1 saturated heterocycles. The maximum atomic E-state index is 12.5. The Kier molecular flexibility index (Phi) is 2.64. The molecule has 0 aromatic carbocycles. The maximum absolute atomic E-state index is 12.5. The summed E-state index contributed by atoms with van der Waals surface area (Å²) in [4.78, 5) is 1.98. The molecule has 0 aliphatic carbocycles. The molecule has 0 atom stereocenters. The first-order chi connectivity index (χ1) is 4.83. The average molecular weight is 142 g/mol. The molecule has 1 aliphatic heterocycles. The molecule has 0 bridgehead atoms. The highest BCUT2D eigenvalue weighted by Crippen LogP contribution is 2.11. The van der Waals surface area contributed by atoms with Crippen molar-refractivity contribution in [2.45, 2.75) is 19.0 Å². The van der Waals surface area contributed by atoms with E-state index in [0.717, 1.165) is 13.1 Å². The van der Waals surface area contributed by atoms with Crippen molar-refractivity contribution in [3.8, 4) is 6.07 Å². The molecular weight excluding hydrogens is 131 g/mol. The van der Waals surface area contributed by atoms with Crippen LogP contribution < -0.4 is 0 Å². The second kappa shape index (κ2) is 3.52. The molecule has 1 fully saturated rings. The monoisotopic (exact) mass is 142 g/mol. The molecule has 1 rings (SSSR count). The van der Waals surface area contributed by atoms with Crippen LogP contribution in [0.4, 0.5) is 4.39 Å². The predicted octanol–water partition coefficient (Wildman–Crippen LogP) is 0.944. The molecular formula is C7H11FN2. The van der Waals surface area contributed by atoms with Gasteiger partial charge in [0.25, 0.3) is 0 Å². The Bertz CT molecular complexity index is 133. The van der Waals surface area contributed by atoms with E-state index in [1.165, 1.54) is 0 Å². The molecule has 10 heavy (non-hydrogen) atoms. The normalized spacial score (nSPS) is 22.4. The average Bonchev–Trinajstić information content (AvgIpc) is 1.95. The van der Waals surface area contributed by atoms with E-state index in [2.05, 4.69) is 6.07 Å². The fourth-order valence-electron chi connectivity index (χ4n) is 1.16. The zero-order chi connectivity index (χ0) is 7.40. The molecule has 0 saturated carbocycles. The lowest BCUT2D eigenvalue weighted by Crippen LogP contribution is -2.34. The Hall–Kier alpha value is -0.620. The Labute approximate surface area is 60.2 Å². The van der Waals surface area contributed by atoms with Crippen LogP contribution >= 0.6 is 0 Å². The van der Waals surface area contributed by atoms with E-state index >= 15 is 0 Å². The number of likely N-dealkylation sites (tertiary alicyclic amines) is 1. The van der Waals surface area contributed by atoms with Crippen molar-refractivity contribution in [1.29, 1.82) is 5.26 Å². The summed E-state index contributed by atoms with van der Waals surface area (Å²) in [5.74, 6) is 0. The summed E-state index contributed by atoms with van der Waals surface area (Å²) >= 11 is 0. The second-order valence-electron chi connectivity index (χ2n) is 2.61. The molecule has 0 unspecified atom stereocenters. The highest BCUT2D eigenvalue weighted by atomic mass is 19.1. The summed E-state index contributed by atoms with van der Waals surface area (Å²) < 4.78 is 12.5. The van der Waals surface area contributed by atoms with Crippen molar-refractivity contribution in [3.63, 3.8) is 0 Å². The molecule has 2 nitrogen and oxygen atoms in total. The number of halogens is 1. The fraction of sp³-hybridized carbons (Fsp3) is 0.857. The summed E-state index contributed by atoms with van der Waals surface area (Å²) in [6.45, 7) is 1.94. The minimum Gasteiger partial charge on any atom is -0.290 e. The predicted molar refractivity (Wildman–Crippen MR) is 36.2 cm³/mol. The molecule has 1 aliphatic rings. The van der Waals surface area contributed by atoms with Crippen molar-refractivity contribution in [1.82, 2.24) is 4.90 Å². The van der Waals surface area contributed by atoms with Crippen molar-refractivity contribution < 1.29 is 4.39 Å². The van der Waals surface area contributed by atoms with Crippen LogP contribution in [-0.4, -0.2) is 30.7 Å². The van der Waals surface area contributed by atoms with Crippen molar-refractivity contribution in [3.05, 3.63) is 0 Å². The van der Waals surface area contributed by atoms with Crippen LogP contribution in [0.25, 0.3) is 0 Å². The third-order valence-electron chi connectivity index (χ3n) is 1.81. The zero-order valence-electron chi connectivity index (χ0n) is 5.89. The molecule has 0 aromatic heterocycles. The van der Waals surface area contributed by atoms with Crippen LogP contribution in [0.15, 0.2) is 0 Å². The highest BCUT2D eigenvalue weighted by molar-refractivity contribution is 4.80. The number of hydrogen-bond acceptors (Lipinski definition) is 2. The smallest absolute Gasteiger partial charge is 0.103 e. The standard InChI is InChI=1S/C7H11FN2/c8-7-1-4-10(5-2-7)6-3-9/h7H,1-2,4-6H2. The second-order valence-corrected chi connectivity index (χ2v) is 2.61. The quantitative estimate of drug-likeness (QED) is 0.509. The van der Waals surface area contributed by atoms with Crippen LogP contribution in [0.1, 0.15) is 12.8 Å². The van der Waals surface area contributed by atoms with Gasteiger partial charge in [0, 0.05) is 13.1 Å². The number of piperidine rings is 1. The lowest BCUT2D eigenvalue weighted by Gasteiger charge is -2.25. The van der Waals surface area contributed by atoms with Gasteiger partial charge in [-0.1, -0.05) is 0 Å². The van der Waals surface area contributed by atoms with E-state index in [4.69, 9.17) is 5.26 Å². The number of nitriles is 1. The first-order valence-electron chi connectivity index (χ1n) is 3.56. The molecule has 0 aromatic rings. The Morgan fingerprint density at radius 3 is 2.60 bits per heavy atom. The van der Waals surface area contributed by atoms with Gasteiger partial charge in [-0.15, -0.1) is 0 Å². The van der Waals surface area contributed by atoms with Crippen LogP contribution in [-0.2, 0) is 0 Å². The van der Waals surface area contributed by atoms with E-state index in [-0.39, 0.29) is 0 Å². The minimum atomic E-state index is -0.630. The van der Waals surface area contributed by atoms with Gasteiger partial charge in [0.2, 0.25) is 0 Å². The molecule has 1 heterocycles. The van der Waals surface area contributed by atoms with E-state index in [0.29, 0.717) is 19.4 Å². The lowest BCUT2D eigenvalue weighted by atomic mass is 10.1. The Morgan fingerprint density at radius 2 is 2.10 bits per heavy atom. The number of hydrogen-bond donors (Lipinski definition) is 0. The van der Waals surface area contributed by atoms with Gasteiger partial charge in [-0.05, 0) is 12.8 Å². The Morgan fingerprint density at radius 1 is 1.50 bits per heavy atom. The molecule has 0 amide bonds. The lowest BCUT2D eigenvalue weighted by molar-refractivity contribution is 0.163. The number of nitrogens with zero attached hydrogens (tertiary/aromatic N) is 2. The summed E-state index contributed by atoms with van der Waals surface area (Å²) in [6.07, 6.45) is 0.568. The first kappa shape index (κ1) is 7.49. The molecule has 0 spiro atoms. The summed E-state index contributed by atoms with van der Waals surface area (Å²) in [5, 5.41) is 8.30. The van der Waals surface area contributed by atoms with Crippen molar-refractivity contribution >= 4 is 0 Å². The van der Waals surface area contributed by atoms with E-state index in [9.17, 15) is 4.39 Å². The third kappa shape index (κ3) is 1.96. The van der Waals surface area contributed by atoms with Gasteiger partial charge in [0.1, 0.15) is 6.17 Å². The Balaban J connectivity index is 2.21. The highest BCUT2D eigenvalue weighted by Gasteiger charge is 2.17. The maximum Gasteiger partial charge on any atom is 0.103 e. The summed E-state index contributed by atoms with van der Waals surface area (Å²) in [6, 6.07) is 2.06. The van der Waals surface area contributed by atoms with Crippen molar-refractivity contribution in [2.75, 3.05) is 19.6 Å². The zero-order valence-corrected chi connectivity index (χ0v) is 5.89. The molecule has 0 radical (unpaired) electrons. The van der Waals surface area contributed by atoms with E-state index in [1.54, 1.807) is 0 Å². The van der Waals surface area contributed by atoms with Gasteiger partial charge >= 0.3 is 0 Å². The molecule has 3 heteroatoms. The van der Waals surface area contributed by atoms with Crippen LogP contribution in [0.5, 0.6) is 0 Å².